The van der Waals surface area contributed by atoms with E-state index in [4.69, 9.17) is 0 Å². The van der Waals surface area contributed by atoms with Crippen molar-refractivity contribution in [3.05, 3.63) is 66.2 Å². The third kappa shape index (κ3) is 3.28. The summed E-state index contributed by atoms with van der Waals surface area (Å²) in [6.07, 6.45) is 1.94. The van der Waals surface area contributed by atoms with Crippen molar-refractivity contribution in [2.24, 2.45) is 4.40 Å². The molecular formula is C14H13NO2S. The second-order valence-electron chi connectivity index (χ2n) is 3.77. The van der Waals surface area contributed by atoms with Gasteiger partial charge in [0.25, 0.3) is 10.0 Å². The Morgan fingerprint density at radius 2 is 1.44 bits per heavy atom. The molecule has 0 spiro atoms. The van der Waals surface area contributed by atoms with Crippen LogP contribution in [0.1, 0.15) is 5.56 Å². The maximum absolute atomic E-state index is 11.8. The van der Waals surface area contributed by atoms with Gasteiger partial charge in [-0.25, -0.2) is 0 Å². The van der Waals surface area contributed by atoms with Crippen LogP contribution >= 0.6 is 0 Å². The summed E-state index contributed by atoms with van der Waals surface area (Å²) in [6.45, 7) is 0. The lowest BCUT2D eigenvalue weighted by atomic mass is 10.2. The van der Waals surface area contributed by atoms with Crippen molar-refractivity contribution < 1.29 is 8.42 Å². The van der Waals surface area contributed by atoms with Crippen LogP contribution < -0.4 is 0 Å². The highest BCUT2D eigenvalue weighted by Gasteiger charge is 2.09. The average molecular weight is 259 g/mol. The highest BCUT2D eigenvalue weighted by Crippen LogP contribution is 2.10. The summed E-state index contributed by atoms with van der Waals surface area (Å²) < 4.78 is 27.3. The zero-order chi connectivity index (χ0) is 12.8. The van der Waals surface area contributed by atoms with Gasteiger partial charge in [-0.1, -0.05) is 48.5 Å². The fourth-order valence-corrected chi connectivity index (χ4v) is 2.40. The molecule has 4 heteroatoms. The molecular weight excluding hydrogens is 246 g/mol. The van der Waals surface area contributed by atoms with Gasteiger partial charge in [0.2, 0.25) is 0 Å². The van der Waals surface area contributed by atoms with Gasteiger partial charge in [-0.2, -0.15) is 12.8 Å². The summed E-state index contributed by atoms with van der Waals surface area (Å²) in [4.78, 5) is 0.217. The van der Waals surface area contributed by atoms with E-state index < -0.39 is 10.0 Å². The maximum Gasteiger partial charge on any atom is 0.281 e. The number of nitrogens with zero attached hydrogens (tertiary/aromatic N) is 1. The Labute approximate surface area is 107 Å². The van der Waals surface area contributed by atoms with E-state index in [1.165, 1.54) is 18.3 Å². The highest BCUT2D eigenvalue weighted by molar-refractivity contribution is 7.90. The first-order chi connectivity index (χ1) is 8.68. The summed E-state index contributed by atoms with van der Waals surface area (Å²) in [6, 6.07) is 17.8. The van der Waals surface area contributed by atoms with E-state index in [1.54, 1.807) is 18.2 Å². The predicted octanol–water partition coefficient (Wildman–Crippen LogP) is 2.69. The molecule has 0 aromatic heterocycles. The molecule has 0 saturated carbocycles. The molecule has 0 N–H and O–H groups in total. The maximum atomic E-state index is 11.8. The smallest absolute Gasteiger partial charge is 0.199 e. The van der Waals surface area contributed by atoms with Crippen LogP contribution in [-0.2, 0) is 16.4 Å². The van der Waals surface area contributed by atoms with Crippen molar-refractivity contribution in [2.75, 3.05) is 0 Å². The van der Waals surface area contributed by atoms with Crippen molar-refractivity contribution in [3.63, 3.8) is 0 Å². The van der Waals surface area contributed by atoms with Crippen LogP contribution in [0.4, 0.5) is 0 Å². The normalized spacial score (nSPS) is 11.8. The molecule has 3 nitrogen and oxygen atoms in total. The molecule has 2 aromatic carbocycles. The first-order valence-electron chi connectivity index (χ1n) is 5.56. The number of sulfonamides is 1. The molecule has 0 aliphatic heterocycles. The molecule has 0 fully saturated rings. The molecule has 18 heavy (non-hydrogen) atoms. The largest absolute Gasteiger partial charge is 0.281 e. The van der Waals surface area contributed by atoms with Crippen LogP contribution in [0.5, 0.6) is 0 Å². The Morgan fingerprint density at radius 1 is 0.889 bits per heavy atom. The minimum absolute atomic E-state index is 0.217. The summed E-state index contributed by atoms with van der Waals surface area (Å²) in [5, 5.41) is 0. The zero-order valence-electron chi connectivity index (χ0n) is 9.73. The van der Waals surface area contributed by atoms with Crippen molar-refractivity contribution in [1.82, 2.24) is 0 Å². The van der Waals surface area contributed by atoms with E-state index in [1.807, 2.05) is 30.3 Å². The molecule has 92 valence electrons. The summed E-state index contributed by atoms with van der Waals surface area (Å²) in [5.41, 5.74) is 1.03. The lowest BCUT2D eigenvalue weighted by molar-refractivity contribution is 0.598. The van der Waals surface area contributed by atoms with Crippen LogP contribution in [-0.4, -0.2) is 14.6 Å². The second kappa shape index (κ2) is 5.60. The van der Waals surface area contributed by atoms with Crippen molar-refractivity contribution in [3.8, 4) is 0 Å². The van der Waals surface area contributed by atoms with Gasteiger partial charge in [0.05, 0.1) is 4.90 Å². The monoisotopic (exact) mass is 259 g/mol. The lowest BCUT2D eigenvalue weighted by Gasteiger charge is -1.97. The Kier molecular flexibility index (Phi) is 3.89. The van der Waals surface area contributed by atoms with Crippen LogP contribution in [0.15, 0.2) is 70.0 Å². The molecule has 2 rings (SSSR count). The van der Waals surface area contributed by atoms with Crippen molar-refractivity contribution in [2.45, 2.75) is 11.3 Å². The van der Waals surface area contributed by atoms with E-state index in [-0.39, 0.29) is 4.90 Å². The summed E-state index contributed by atoms with van der Waals surface area (Å²) >= 11 is 0. The van der Waals surface area contributed by atoms with E-state index in [0.29, 0.717) is 6.42 Å². The van der Waals surface area contributed by atoms with E-state index >= 15 is 0 Å². The third-order valence-electron chi connectivity index (χ3n) is 2.42. The first-order valence-corrected chi connectivity index (χ1v) is 7.00. The molecule has 0 amide bonds. The Bertz CT molecular complexity index is 619. The van der Waals surface area contributed by atoms with Crippen LogP contribution in [0.25, 0.3) is 0 Å². The zero-order valence-corrected chi connectivity index (χ0v) is 10.5. The van der Waals surface area contributed by atoms with Crippen LogP contribution in [0.3, 0.4) is 0 Å². The predicted molar refractivity (Wildman–Crippen MR) is 72.3 cm³/mol. The summed E-state index contributed by atoms with van der Waals surface area (Å²) in [7, 11) is -3.56. The second-order valence-corrected chi connectivity index (χ2v) is 5.40. The minimum atomic E-state index is -3.56. The van der Waals surface area contributed by atoms with Crippen LogP contribution in [0, 0.1) is 0 Å². The average Bonchev–Trinajstić information content (AvgIpc) is 2.41. The Balaban J connectivity index is 2.10. The van der Waals surface area contributed by atoms with Gasteiger partial charge in [-0.15, -0.1) is 0 Å². The SMILES string of the molecule is O=S(=O)(N=CCc1ccccc1)c1ccccc1. The highest BCUT2D eigenvalue weighted by atomic mass is 32.2. The topological polar surface area (TPSA) is 46.5 Å². The molecule has 0 saturated heterocycles. The third-order valence-corrected chi connectivity index (χ3v) is 3.72. The Morgan fingerprint density at radius 3 is 2.06 bits per heavy atom. The van der Waals surface area contributed by atoms with Crippen molar-refractivity contribution in [1.29, 1.82) is 0 Å². The number of hydrogen-bond donors (Lipinski definition) is 0. The van der Waals surface area contributed by atoms with Gasteiger partial charge in [0, 0.05) is 12.6 Å². The lowest BCUT2D eigenvalue weighted by Crippen LogP contribution is -1.97. The minimum Gasteiger partial charge on any atom is -0.199 e. The van der Waals surface area contributed by atoms with Crippen LogP contribution in [0.2, 0.25) is 0 Å². The fraction of sp³-hybridized carbons (Fsp3) is 0.0714. The van der Waals surface area contributed by atoms with E-state index in [2.05, 4.69) is 4.40 Å². The molecule has 0 unspecified atom stereocenters. The van der Waals surface area contributed by atoms with Crippen molar-refractivity contribution >= 4 is 16.2 Å². The quantitative estimate of drug-likeness (QED) is 0.792. The molecule has 0 bridgehead atoms. The van der Waals surface area contributed by atoms with E-state index in [9.17, 15) is 8.42 Å². The Hall–Kier alpha value is -1.94. The first kappa shape index (κ1) is 12.5. The standard InChI is InChI=1S/C14H13NO2S/c16-18(17,14-9-5-2-6-10-14)15-12-11-13-7-3-1-4-8-13/h1-10,12H,11H2. The number of rotatable bonds is 4. The van der Waals surface area contributed by atoms with Gasteiger partial charge in [-0.05, 0) is 17.7 Å². The molecule has 0 radical (unpaired) electrons. The number of benzene rings is 2. The molecule has 2 aromatic rings. The van der Waals surface area contributed by atoms with Gasteiger partial charge >= 0.3 is 0 Å². The molecule has 0 aliphatic rings. The fourth-order valence-electron chi connectivity index (χ4n) is 1.51. The van der Waals surface area contributed by atoms with Gasteiger partial charge in [0.1, 0.15) is 0 Å². The van der Waals surface area contributed by atoms with Gasteiger partial charge in [0.15, 0.2) is 0 Å². The molecule has 0 atom stereocenters. The van der Waals surface area contributed by atoms with Gasteiger partial charge in [-0.3, -0.25) is 0 Å². The molecule has 0 aliphatic carbocycles. The summed E-state index contributed by atoms with van der Waals surface area (Å²) in [5.74, 6) is 0. The molecule has 0 heterocycles. The van der Waals surface area contributed by atoms with E-state index in [0.717, 1.165) is 5.56 Å². The van der Waals surface area contributed by atoms with Gasteiger partial charge < -0.3 is 0 Å². The number of hydrogen-bond acceptors (Lipinski definition) is 2.